The van der Waals surface area contributed by atoms with Crippen LogP contribution in [-0.2, 0) is 11.3 Å². The van der Waals surface area contributed by atoms with Gasteiger partial charge in [0.1, 0.15) is 27.7 Å². The zero-order valence-electron chi connectivity index (χ0n) is 15.8. The van der Waals surface area contributed by atoms with Crippen molar-refractivity contribution in [2.45, 2.75) is 27.3 Å². The monoisotopic (exact) mass is 430 g/mol. The van der Waals surface area contributed by atoms with Crippen molar-refractivity contribution in [2.24, 2.45) is 0 Å². The number of rotatable bonds is 3. The first-order valence-corrected chi connectivity index (χ1v) is 9.97. The van der Waals surface area contributed by atoms with E-state index in [4.69, 9.17) is 11.6 Å². The van der Waals surface area contributed by atoms with E-state index >= 15 is 0 Å². The molecule has 29 heavy (non-hydrogen) atoms. The Morgan fingerprint density at radius 3 is 2.72 bits per heavy atom. The molecule has 0 aliphatic rings. The molecule has 0 aliphatic heterocycles. The van der Waals surface area contributed by atoms with E-state index in [1.807, 2.05) is 19.9 Å². The van der Waals surface area contributed by atoms with E-state index in [1.165, 1.54) is 28.0 Å². The van der Waals surface area contributed by atoms with E-state index in [9.17, 15) is 14.0 Å². The summed E-state index contributed by atoms with van der Waals surface area (Å²) in [6, 6.07) is 5.90. The number of pyridine rings is 1. The maximum atomic E-state index is 13.9. The fraction of sp³-hybridized carbons (Fsp3) is 0.200. The van der Waals surface area contributed by atoms with Gasteiger partial charge in [0.2, 0.25) is 5.91 Å². The molecule has 1 N–H and O–H groups in total. The van der Waals surface area contributed by atoms with Crippen molar-refractivity contribution in [3.8, 4) is 0 Å². The molecule has 3 heterocycles. The molecule has 1 amide bonds. The van der Waals surface area contributed by atoms with Crippen molar-refractivity contribution in [3.63, 3.8) is 0 Å². The number of thiophene rings is 1. The Kier molecular flexibility index (Phi) is 4.84. The van der Waals surface area contributed by atoms with Crippen molar-refractivity contribution in [1.29, 1.82) is 0 Å². The summed E-state index contributed by atoms with van der Waals surface area (Å²) in [5, 5.41) is 3.55. The van der Waals surface area contributed by atoms with E-state index in [-0.39, 0.29) is 22.8 Å². The van der Waals surface area contributed by atoms with Crippen LogP contribution in [0.4, 0.5) is 10.1 Å². The number of aromatic nitrogens is 3. The number of nitrogens with one attached hydrogen (secondary N) is 1. The van der Waals surface area contributed by atoms with E-state index in [1.54, 1.807) is 6.92 Å². The highest BCUT2D eigenvalue weighted by molar-refractivity contribution is 7.25. The number of hydrogen-bond acceptors (Lipinski definition) is 5. The summed E-state index contributed by atoms with van der Waals surface area (Å²) in [5.74, 6) is -0.789. The number of anilines is 1. The standard InChI is InChI=1S/C20H16ClFN4O2S/c1-9-6-10(2)23-19-16(9)17-18(29-19)20(28)26(11(3)24-17)8-15(27)25-14-5-4-12(21)7-13(14)22/h4-7H,8H2,1-3H3,(H,25,27). The Hall–Kier alpha value is -2.84. The second kappa shape index (κ2) is 7.20. The molecule has 0 unspecified atom stereocenters. The summed E-state index contributed by atoms with van der Waals surface area (Å²) in [6.45, 7) is 5.24. The minimum atomic E-state index is -0.648. The van der Waals surface area contributed by atoms with E-state index in [2.05, 4.69) is 15.3 Å². The molecule has 0 radical (unpaired) electrons. The van der Waals surface area contributed by atoms with Crippen molar-refractivity contribution < 1.29 is 9.18 Å². The topological polar surface area (TPSA) is 76.9 Å². The van der Waals surface area contributed by atoms with Gasteiger partial charge in [0.25, 0.3) is 5.56 Å². The second-order valence-corrected chi connectivity index (χ2v) is 8.20. The highest BCUT2D eigenvalue weighted by atomic mass is 35.5. The number of carbonyl (C=O) groups excluding carboxylic acids is 1. The molecule has 6 nitrogen and oxygen atoms in total. The average molecular weight is 431 g/mol. The molecule has 0 atom stereocenters. The van der Waals surface area contributed by atoms with Crippen LogP contribution in [0.5, 0.6) is 0 Å². The number of amides is 1. The molecule has 0 saturated carbocycles. The quantitative estimate of drug-likeness (QED) is 0.523. The van der Waals surface area contributed by atoms with Gasteiger partial charge in [-0.25, -0.2) is 14.4 Å². The highest BCUT2D eigenvalue weighted by Gasteiger charge is 2.18. The summed E-state index contributed by atoms with van der Waals surface area (Å²) in [4.78, 5) is 35.3. The normalized spacial score (nSPS) is 11.3. The minimum Gasteiger partial charge on any atom is -0.322 e. The number of nitrogens with zero attached hydrogens (tertiary/aromatic N) is 3. The molecule has 3 aromatic heterocycles. The Labute approximate surface area is 174 Å². The van der Waals surface area contributed by atoms with Gasteiger partial charge in [-0.05, 0) is 50.6 Å². The van der Waals surface area contributed by atoms with Crippen LogP contribution in [0, 0.1) is 26.6 Å². The third-order valence-corrected chi connectivity index (χ3v) is 5.87. The van der Waals surface area contributed by atoms with Crippen LogP contribution in [0.15, 0.2) is 29.1 Å². The summed E-state index contributed by atoms with van der Waals surface area (Å²) < 4.78 is 15.6. The first-order chi connectivity index (χ1) is 13.7. The lowest BCUT2D eigenvalue weighted by atomic mass is 10.1. The molecule has 148 valence electrons. The van der Waals surface area contributed by atoms with Crippen molar-refractivity contribution in [3.05, 3.63) is 62.5 Å². The number of benzene rings is 1. The second-order valence-electron chi connectivity index (χ2n) is 6.76. The summed E-state index contributed by atoms with van der Waals surface area (Å²) in [6.07, 6.45) is 0. The van der Waals surface area contributed by atoms with Crippen molar-refractivity contribution in [1.82, 2.24) is 14.5 Å². The molecule has 9 heteroatoms. The van der Waals surface area contributed by atoms with Crippen LogP contribution in [0.2, 0.25) is 5.02 Å². The van der Waals surface area contributed by atoms with Gasteiger partial charge in [0.15, 0.2) is 0 Å². The van der Waals surface area contributed by atoms with Gasteiger partial charge >= 0.3 is 0 Å². The number of hydrogen-bond donors (Lipinski definition) is 1. The molecular formula is C20H16ClFN4O2S. The predicted molar refractivity (Wildman–Crippen MR) is 113 cm³/mol. The van der Waals surface area contributed by atoms with Crippen LogP contribution in [0.3, 0.4) is 0 Å². The minimum absolute atomic E-state index is 0.00342. The number of halogens is 2. The molecule has 4 rings (SSSR count). The van der Waals surface area contributed by atoms with E-state index < -0.39 is 11.7 Å². The molecule has 0 aliphatic carbocycles. The van der Waals surface area contributed by atoms with Gasteiger partial charge < -0.3 is 5.32 Å². The fourth-order valence-electron chi connectivity index (χ4n) is 3.28. The van der Waals surface area contributed by atoms with E-state index in [0.717, 1.165) is 27.5 Å². The Bertz CT molecular complexity index is 1360. The third kappa shape index (κ3) is 3.49. The maximum absolute atomic E-state index is 13.9. The number of fused-ring (bicyclic) bond motifs is 3. The first-order valence-electron chi connectivity index (χ1n) is 8.77. The predicted octanol–water partition coefficient (Wildman–Crippen LogP) is 4.36. The molecule has 0 fully saturated rings. The molecule has 0 saturated heterocycles. The lowest BCUT2D eigenvalue weighted by Crippen LogP contribution is -2.30. The van der Waals surface area contributed by atoms with Gasteiger partial charge in [0, 0.05) is 16.1 Å². The number of carbonyl (C=O) groups is 1. The van der Waals surface area contributed by atoms with Gasteiger partial charge in [0.05, 0.1) is 11.2 Å². The number of aryl methyl sites for hydroxylation is 3. The molecule has 0 spiro atoms. The summed E-state index contributed by atoms with van der Waals surface area (Å²) in [5.41, 5.74) is 2.13. The Morgan fingerprint density at radius 1 is 1.24 bits per heavy atom. The largest absolute Gasteiger partial charge is 0.322 e. The van der Waals surface area contributed by atoms with Crippen LogP contribution in [0.25, 0.3) is 20.4 Å². The SMILES string of the molecule is Cc1cc(C)c2c(n1)sc1c(=O)n(CC(=O)Nc3ccc(Cl)cc3F)c(C)nc12. The smallest absolute Gasteiger partial charge is 0.272 e. The zero-order valence-corrected chi connectivity index (χ0v) is 17.4. The lowest BCUT2D eigenvalue weighted by Gasteiger charge is -2.11. The van der Waals surface area contributed by atoms with E-state index in [0.29, 0.717) is 16.0 Å². The first kappa shape index (κ1) is 19.5. The van der Waals surface area contributed by atoms with Gasteiger partial charge in [-0.15, -0.1) is 11.3 Å². The third-order valence-electron chi connectivity index (χ3n) is 4.57. The summed E-state index contributed by atoms with van der Waals surface area (Å²) in [7, 11) is 0. The average Bonchev–Trinajstić information content (AvgIpc) is 2.99. The van der Waals surface area contributed by atoms with Crippen molar-refractivity contribution >= 4 is 55.0 Å². The summed E-state index contributed by atoms with van der Waals surface area (Å²) >= 11 is 6.99. The molecule has 1 aromatic carbocycles. The van der Waals surface area contributed by atoms with Crippen LogP contribution in [0.1, 0.15) is 17.1 Å². The van der Waals surface area contributed by atoms with Crippen LogP contribution >= 0.6 is 22.9 Å². The molecular weight excluding hydrogens is 415 g/mol. The van der Waals surface area contributed by atoms with Crippen LogP contribution < -0.4 is 10.9 Å². The molecule has 4 aromatic rings. The Balaban J connectivity index is 1.74. The fourth-order valence-corrected chi connectivity index (χ4v) is 4.62. The maximum Gasteiger partial charge on any atom is 0.272 e. The van der Waals surface area contributed by atoms with Gasteiger partial charge in [-0.1, -0.05) is 11.6 Å². The lowest BCUT2D eigenvalue weighted by molar-refractivity contribution is -0.116. The van der Waals surface area contributed by atoms with Gasteiger partial charge in [-0.3, -0.25) is 14.2 Å². The highest BCUT2D eigenvalue weighted by Crippen LogP contribution is 2.32. The molecule has 0 bridgehead atoms. The van der Waals surface area contributed by atoms with Crippen molar-refractivity contribution in [2.75, 3.05) is 5.32 Å². The Morgan fingerprint density at radius 2 is 2.00 bits per heavy atom. The zero-order chi connectivity index (χ0) is 20.9. The van der Waals surface area contributed by atoms with Crippen LogP contribution in [-0.4, -0.2) is 20.4 Å². The van der Waals surface area contributed by atoms with Gasteiger partial charge in [-0.2, -0.15) is 0 Å².